The minimum absolute atomic E-state index is 0.0963. The number of carbonyl (C=O) groups excluding carboxylic acids is 2. The van der Waals surface area contributed by atoms with Gasteiger partial charge in [-0.15, -0.1) is 0 Å². The van der Waals surface area contributed by atoms with E-state index in [0.717, 1.165) is 6.42 Å². The number of hydrogen-bond donors (Lipinski definition) is 1. The van der Waals surface area contributed by atoms with Crippen LogP contribution in [0.4, 0.5) is 10.2 Å². The first-order chi connectivity index (χ1) is 16.4. The van der Waals surface area contributed by atoms with Crippen LogP contribution in [0.3, 0.4) is 0 Å². The Kier molecular flexibility index (Phi) is 6.71. The molecule has 2 aromatic heterocycles. The van der Waals surface area contributed by atoms with Crippen LogP contribution in [0.25, 0.3) is 5.69 Å². The molecule has 1 fully saturated rings. The smallest absolute Gasteiger partial charge is 0.345 e. The lowest BCUT2D eigenvalue weighted by atomic mass is 9.97. The van der Waals surface area contributed by atoms with Crippen LogP contribution >= 0.6 is 0 Å². The van der Waals surface area contributed by atoms with E-state index in [4.69, 9.17) is 9.47 Å². The zero-order chi connectivity index (χ0) is 24.2. The quantitative estimate of drug-likeness (QED) is 0.550. The summed E-state index contributed by atoms with van der Waals surface area (Å²) in [5, 5.41) is 11.3. The van der Waals surface area contributed by atoms with Gasteiger partial charge in [0.2, 0.25) is 0 Å². The van der Waals surface area contributed by atoms with Crippen molar-refractivity contribution in [3.05, 3.63) is 59.8 Å². The normalized spacial score (nSPS) is 17.8. The highest BCUT2D eigenvalue weighted by atomic mass is 19.1. The molecule has 0 spiro atoms. The van der Waals surface area contributed by atoms with Crippen molar-refractivity contribution in [2.45, 2.75) is 31.8 Å². The maximum atomic E-state index is 14.9. The van der Waals surface area contributed by atoms with Gasteiger partial charge in [-0.2, -0.15) is 15.0 Å². The fourth-order valence-electron chi connectivity index (χ4n) is 4.10. The second-order valence-corrected chi connectivity index (χ2v) is 7.91. The maximum Gasteiger partial charge on any atom is 0.345 e. The number of esters is 1. The lowest BCUT2D eigenvalue weighted by Gasteiger charge is -2.39. The molecule has 1 N–H and O–H groups in total. The molecule has 3 heterocycles. The Morgan fingerprint density at radius 1 is 1.09 bits per heavy atom. The lowest BCUT2D eigenvalue weighted by molar-refractivity contribution is 0.0590. The summed E-state index contributed by atoms with van der Waals surface area (Å²) in [5.74, 6) is -1.08. The van der Waals surface area contributed by atoms with Gasteiger partial charge in [0.05, 0.1) is 26.6 Å². The average molecular weight is 468 g/mol. The molecule has 0 saturated carbocycles. The summed E-state index contributed by atoms with van der Waals surface area (Å²) in [7, 11) is 2.73. The number of rotatable bonds is 6. The Balaban J connectivity index is 1.62. The van der Waals surface area contributed by atoms with Gasteiger partial charge in [-0.25, -0.2) is 14.2 Å². The lowest BCUT2D eigenvalue weighted by Crippen LogP contribution is -2.50. The van der Waals surface area contributed by atoms with E-state index in [0.29, 0.717) is 18.0 Å². The molecule has 11 heteroatoms. The van der Waals surface area contributed by atoms with Crippen molar-refractivity contribution in [2.75, 3.05) is 26.1 Å². The molecule has 0 radical (unpaired) electrons. The number of amides is 1. The zero-order valence-electron chi connectivity index (χ0n) is 19.1. The Morgan fingerprint density at radius 3 is 2.56 bits per heavy atom. The van der Waals surface area contributed by atoms with E-state index in [1.165, 1.54) is 49.7 Å². The van der Waals surface area contributed by atoms with E-state index in [1.807, 2.05) is 6.92 Å². The van der Waals surface area contributed by atoms with Gasteiger partial charge < -0.3 is 19.7 Å². The Bertz CT molecular complexity index is 1190. The second kappa shape index (κ2) is 9.86. The van der Waals surface area contributed by atoms with Gasteiger partial charge >= 0.3 is 5.97 Å². The van der Waals surface area contributed by atoms with Crippen molar-refractivity contribution in [1.29, 1.82) is 0 Å². The highest BCUT2D eigenvalue weighted by molar-refractivity contribution is 5.99. The standard InChI is InChI=1S/C23H25FN6O4/c1-14-7-8-15(28-21-20(23(32)34-3)18(33-2)9-10-25-21)13-29(14)22(31)19-16(24)5-4-6-17(19)30-26-11-12-27-30/h4-6,9-12,14-15H,7-8,13H2,1-3H3,(H,25,28)/t14-,15-/m1/s1. The zero-order valence-corrected chi connectivity index (χ0v) is 19.1. The summed E-state index contributed by atoms with van der Waals surface area (Å²) in [4.78, 5) is 33.0. The molecule has 1 aliphatic rings. The Hall–Kier alpha value is -4.02. The average Bonchev–Trinajstić information content (AvgIpc) is 3.39. The predicted octanol–water partition coefficient (Wildman–Crippen LogP) is 2.70. The molecule has 1 saturated heterocycles. The number of carbonyl (C=O) groups is 2. The molecule has 34 heavy (non-hydrogen) atoms. The number of benzene rings is 1. The number of ether oxygens (including phenoxy) is 2. The van der Waals surface area contributed by atoms with Crippen LogP contribution in [0, 0.1) is 5.82 Å². The van der Waals surface area contributed by atoms with E-state index in [9.17, 15) is 14.0 Å². The Labute approximate surface area is 195 Å². The van der Waals surface area contributed by atoms with E-state index in [1.54, 1.807) is 17.0 Å². The number of nitrogens with one attached hydrogen (secondary N) is 1. The first-order valence-corrected chi connectivity index (χ1v) is 10.8. The molecule has 0 unspecified atom stereocenters. The van der Waals surface area contributed by atoms with Gasteiger partial charge in [0.25, 0.3) is 5.91 Å². The summed E-state index contributed by atoms with van der Waals surface area (Å²) < 4.78 is 25.1. The van der Waals surface area contributed by atoms with Gasteiger partial charge in [-0.1, -0.05) is 6.07 Å². The van der Waals surface area contributed by atoms with Gasteiger partial charge in [0.15, 0.2) is 0 Å². The molecule has 1 aliphatic heterocycles. The van der Waals surface area contributed by atoms with E-state index in [-0.39, 0.29) is 35.4 Å². The van der Waals surface area contributed by atoms with Crippen molar-refractivity contribution < 1.29 is 23.5 Å². The van der Waals surface area contributed by atoms with Crippen LogP contribution in [-0.2, 0) is 4.74 Å². The molecule has 1 aromatic carbocycles. The number of piperidine rings is 1. The Morgan fingerprint density at radius 2 is 1.85 bits per heavy atom. The van der Waals surface area contributed by atoms with Crippen LogP contribution in [-0.4, -0.2) is 69.6 Å². The summed E-state index contributed by atoms with van der Waals surface area (Å²) >= 11 is 0. The minimum Gasteiger partial charge on any atom is -0.496 e. The van der Waals surface area contributed by atoms with Gasteiger partial charge in [-0.3, -0.25) is 4.79 Å². The summed E-state index contributed by atoms with van der Waals surface area (Å²) in [5.41, 5.74) is 0.339. The molecule has 1 amide bonds. The largest absolute Gasteiger partial charge is 0.496 e. The number of aromatic nitrogens is 4. The van der Waals surface area contributed by atoms with Crippen LogP contribution in [0.15, 0.2) is 42.9 Å². The van der Waals surface area contributed by atoms with Crippen molar-refractivity contribution in [3.8, 4) is 11.4 Å². The molecule has 4 rings (SSSR count). The third-order valence-corrected chi connectivity index (χ3v) is 5.85. The second-order valence-electron chi connectivity index (χ2n) is 7.91. The van der Waals surface area contributed by atoms with E-state index in [2.05, 4.69) is 20.5 Å². The van der Waals surface area contributed by atoms with E-state index < -0.39 is 17.7 Å². The summed E-state index contributed by atoms with van der Waals surface area (Å²) in [6, 6.07) is 5.57. The predicted molar refractivity (Wildman–Crippen MR) is 121 cm³/mol. The van der Waals surface area contributed by atoms with Crippen LogP contribution in [0.1, 0.15) is 40.5 Å². The first-order valence-electron chi connectivity index (χ1n) is 10.8. The van der Waals surface area contributed by atoms with Crippen molar-refractivity contribution in [1.82, 2.24) is 24.9 Å². The molecular weight excluding hydrogens is 443 g/mol. The molecule has 0 aliphatic carbocycles. The van der Waals surface area contributed by atoms with Crippen LogP contribution in [0.2, 0.25) is 0 Å². The topological polar surface area (TPSA) is 111 Å². The minimum atomic E-state index is -0.649. The molecule has 3 aromatic rings. The molecule has 2 atom stereocenters. The van der Waals surface area contributed by atoms with Crippen LogP contribution in [0.5, 0.6) is 5.75 Å². The third kappa shape index (κ3) is 4.41. The summed E-state index contributed by atoms with van der Waals surface area (Å²) in [6.07, 6.45) is 5.83. The molecular formula is C23H25FN6O4. The van der Waals surface area contributed by atoms with Gasteiger partial charge in [-0.05, 0) is 38.0 Å². The van der Waals surface area contributed by atoms with Gasteiger partial charge in [0.1, 0.15) is 34.2 Å². The number of halogens is 1. The monoisotopic (exact) mass is 468 g/mol. The number of anilines is 1. The van der Waals surface area contributed by atoms with Crippen LogP contribution < -0.4 is 10.1 Å². The maximum absolute atomic E-state index is 14.9. The summed E-state index contributed by atoms with van der Waals surface area (Å²) in [6.45, 7) is 2.20. The third-order valence-electron chi connectivity index (χ3n) is 5.85. The van der Waals surface area contributed by atoms with E-state index >= 15 is 0 Å². The molecule has 178 valence electrons. The number of nitrogens with zero attached hydrogens (tertiary/aromatic N) is 5. The number of pyridine rings is 1. The highest BCUT2D eigenvalue weighted by Crippen LogP contribution is 2.29. The van der Waals surface area contributed by atoms with Crippen molar-refractivity contribution in [2.24, 2.45) is 0 Å². The number of hydrogen-bond acceptors (Lipinski definition) is 8. The fourth-order valence-corrected chi connectivity index (χ4v) is 4.10. The molecule has 0 bridgehead atoms. The number of methoxy groups -OCH3 is 2. The van der Waals surface area contributed by atoms with Crippen molar-refractivity contribution in [3.63, 3.8) is 0 Å². The SMILES string of the molecule is COC(=O)c1c(OC)ccnc1N[C@@H]1CC[C@@H](C)N(C(=O)c2c(F)cccc2-n2nccn2)C1. The fraction of sp³-hybridized carbons (Fsp3) is 0.348. The molecule has 10 nitrogen and oxygen atoms in total. The highest BCUT2D eigenvalue weighted by Gasteiger charge is 2.33. The first kappa shape index (κ1) is 23.1. The number of likely N-dealkylation sites (tertiary alicyclic amines) is 1. The van der Waals surface area contributed by atoms with Crippen molar-refractivity contribution >= 4 is 17.7 Å². The van der Waals surface area contributed by atoms with Gasteiger partial charge in [0, 0.05) is 24.8 Å².